The van der Waals surface area contributed by atoms with Gasteiger partial charge in [0.05, 0.1) is 6.54 Å². The van der Waals surface area contributed by atoms with E-state index in [1.54, 1.807) is 16.6 Å². The van der Waals surface area contributed by atoms with Crippen LogP contribution in [-0.4, -0.2) is 45.4 Å². The van der Waals surface area contributed by atoms with Crippen molar-refractivity contribution in [2.24, 2.45) is 5.92 Å². The van der Waals surface area contributed by atoms with Gasteiger partial charge in [-0.3, -0.25) is 0 Å². The number of imidazole rings is 1. The first kappa shape index (κ1) is 19.7. The zero-order valence-electron chi connectivity index (χ0n) is 17.6. The van der Waals surface area contributed by atoms with Gasteiger partial charge in [0.2, 0.25) is 0 Å². The lowest BCUT2D eigenvalue weighted by molar-refractivity contribution is 0.308. The molecule has 31 heavy (non-hydrogen) atoms. The fourth-order valence-electron chi connectivity index (χ4n) is 4.38. The molecule has 1 aromatic carbocycles. The van der Waals surface area contributed by atoms with Gasteiger partial charge in [-0.25, -0.2) is 18.9 Å². The minimum atomic E-state index is -0.315. The number of rotatable bonds is 6. The highest BCUT2D eigenvalue weighted by Gasteiger charge is 2.26. The van der Waals surface area contributed by atoms with Crippen LogP contribution in [0.2, 0.25) is 0 Å². The molecule has 5 rings (SSSR count). The first-order valence-electron chi connectivity index (χ1n) is 10.8. The molecule has 0 radical (unpaired) electrons. The second-order valence-corrected chi connectivity index (χ2v) is 8.33. The predicted molar refractivity (Wildman–Crippen MR) is 119 cm³/mol. The smallest absolute Gasteiger partial charge is 0.159 e. The molecule has 1 aliphatic carbocycles. The molecule has 1 aliphatic heterocycles. The van der Waals surface area contributed by atoms with Gasteiger partial charge in [-0.1, -0.05) is 18.6 Å². The molecule has 2 aliphatic rings. The number of hydrogen-bond acceptors (Lipinski definition) is 6. The van der Waals surface area contributed by atoms with Crippen LogP contribution in [0.25, 0.3) is 16.8 Å². The average Bonchev–Trinajstić information content (AvgIpc) is 3.09. The van der Waals surface area contributed by atoms with Gasteiger partial charge >= 0.3 is 0 Å². The maximum atomic E-state index is 14.6. The summed E-state index contributed by atoms with van der Waals surface area (Å²) in [6.45, 7) is 4.17. The van der Waals surface area contributed by atoms with Crippen LogP contribution in [0.3, 0.4) is 0 Å². The van der Waals surface area contributed by atoms with Crippen LogP contribution in [0.4, 0.5) is 10.2 Å². The quantitative estimate of drug-likeness (QED) is 0.595. The third-order valence-corrected chi connectivity index (χ3v) is 6.39. The molecular weight excluding hydrogens is 393 g/mol. The normalized spacial score (nSPS) is 17.2. The molecule has 0 unspecified atom stereocenters. The number of anilines is 1. The summed E-state index contributed by atoms with van der Waals surface area (Å²) in [4.78, 5) is 11.4. The van der Waals surface area contributed by atoms with E-state index in [1.165, 1.54) is 37.9 Å². The second-order valence-electron chi connectivity index (χ2n) is 8.33. The summed E-state index contributed by atoms with van der Waals surface area (Å²) in [5.74, 6) is 1.84. The number of nitrogens with one attached hydrogen (secondary N) is 2. The van der Waals surface area contributed by atoms with E-state index < -0.39 is 0 Å². The number of fused-ring (bicyclic) bond motifs is 1. The summed E-state index contributed by atoms with van der Waals surface area (Å²) in [5, 5.41) is 15.8. The van der Waals surface area contributed by atoms with Crippen LogP contribution in [0.15, 0.2) is 41.9 Å². The third-order valence-electron chi connectivity index (χ3n) is 6.39. The van der Waals surface area contributed by atoms with Crippen LogP contribution in [-0.2, 0) is 0 Å². The first-order chi connectivity index (χ1) is 15.2. The van der Waals surface area contributed by atoms with E-state index >= 15 is 0 Å². The van der Waals surface area contributed by atoms with Crippen molar-refractivity contribution in [3.63, 3.8) is 0 Å². The minimum absolute atomic E-state index is 0.315. The van der Waals surface area contributed by atoms with Gasteiger partial charge in [0.1, 0.15) is 29.2 Å². The lowest BCUT2D eigenvalue weighted by Crippen LogP contribution is -2.39. The van der Waals surface area contributed by atoms with Crippen molar-refractivity contribution in [2.75, 3.05) is 24.5 Å². The van der Waals surface area contributed by atoms with E-state index in [0.29, 0.717) is 29.1 Å². The zero-order chi connectivity index (χ0) is 21.4. The van der Waals surface area contributed by atoms with E-state index in [2.05, 4.69) is 25.3 Å². The van der Waals surface area contributed by atoms with Crippen molar-refractivity contribution in [1.82, 2.24) is 24.9 Å². The first-order valence-corrected chi connectivity index (χ1v) is 10.8. The standard InChI is InChI=1S/C23H26FN7/c1-15-29-21(18-7-2-3-8-19(18)24)22-23(27-14-28-31(15)22)30-10-9-17(11-25)20(13-30)26-12-16-5-4-6-16/h2-3,7-8,11,14,16,25-26H,4-6,9-10,12-13H2,1H3. The average molecular weight is 420 g/mol. The summed E-state index contributed by atoms with van der Waals surface area (Å²) in [5.41, 5.74) is 3.83. The molecule has 160 valence electrons. The molecule has 0 bridgehead atoms. The molecule has 1 saturated carbocycles. The topological polar surface area (TPSA) is 82.2 Å². The molecular formula is C23H26FN7. The fraction of sp³-hybridized carbons (Fsp3) is 0.391. The summed E-state index contributed by atoms with van der Waals surface area (Å²) < 4.78 is 16.4. The van der Waals surface area contributed by atoms with Crippen LogP contribution < -0.4 is 10.2 Å². The molecule has 0 saturated heterocycles. The molecule has 0 spiro atoms. The highest BCUT2D eigenvalue weighted by molar-refractivity contribution is 5.87. The van der Waals surface area contributed by atoms with Crippen LogP contribution in [0.5, 0.6) is 0 Å². The Hall–Kier alpha value is -3.29. The number of halogens is 1. The van der Waals surface area contributed by atoms with Gasteiger partial charge in [-0.2, -0.15) is 5.10 Å². The van der Waals surface area contributed by atoms with Crippen molar-refractivity contribution in [2.45, 2.75) is 32.6 Å². The molecule has 8 heteroatoms. The fourth-order valence-corrected chi connectivity index (χ4v) is 4.38. The number of nitrogens with zero attached hydrogens (tertiary/aromatic N) is 5. The molecule has 1 fully saturated rings. The van der Waals surface area contributed by atoms with Crippen molar-refractivity contribution in [3.05, 3.63) is 53.5 Å². The summed E-state index contributed by atoms with van der Waals surface area (Å²) in [6, 6.07) is 6.67. The molecule has 3 aromatic rings. The zero-order valence-corrected chi connectivity index (χ0v) is 17.6. The number of aryl methyl sites for hydroxylation is 1. The van der Waals surface area contributed by atoms with Crippen molar-refractivity contribution in [3.8, 4) is 11.3 Å². The van der Waals surface area contributed by atoms with E-state index in [0.717, 1.165) is 42.5 Å². The lowest BCUT2D eigenvalue weighted by Gasteiger charge is -2.33. The highest BCUT2D eigenvalue weighted by atomic mass is 19.1. The van der Waals surface area contributed by atoms with Crippen molar-refractivity contribution < 1.29 is 4.39 Å². The lowest BCUT2D eigenvalue weighted by atomic mass is 9.85. The van der Waals surface area contributed by atoms with Crippen molar-refractivity contribution in [1.29, 1.82) is 5.41 Å². The van der Waals surface area contributed by atoms with E-state index in [1.807, 2.05) is 13.0 Å². The largest absolute Gasteiger partial charge is 0.386 e. The molecule has 2 aromatic heterocycles. The van der Waals surface area contributed by atoms with E-state index in [4.69, 9.17) is 5.41 Å². The number of benzene rings is 1. The predicted octanol–water partition coefficient (Wildman–Crippen LogP) is 3.74. The number of hydrogen-bond donors (Lipinski definition) is 2. The van der Waals surface area contributed by atoms with Crippen LogP contribution >= 0.6 is 0 Å². The van der Waals surface area contributed by atoms with E-state index in [-0.39, 0.29) is 5.82 Å². The Labute approximate surface area is 180 Å². The maximum absolute atomic E-state index is 14.6. The Balaban J connectivity index is 1.53. The third kappa shape index (κ3) is 3.56. The Bertz CT molecular complexity index is 1160. The summed E-state index contributed by atoms with van der Waals surface area (Å²) >= 11 is 0. The Morgan fingerprint density at radius 1 is 1.29 bits per heavy atom. The van der Waals surface area contributed by atoms with E-state index in [9.17, 15) is 4.39 Å². The molecule has 2 N–H and O–H groups in total. The number of aromatic nitrogens is 4. The van der Waals surface area contributed by atoms with Gasteiger partial charge < -0.3 is 15.6 Å². The molecule has 7 nitrogen and oxygen atoms in total. The molecule has 0 atom stereocenters. The second kappa shape index (κ2) is 8.09. The highest BCUT2D eigenvalue weighted by Crippen LogP contribution is 2.33. The van der Waals surface area contributed by atoms with Gasteiger partial charge in [-0.05, 0) is 49.8 Å². The molecule has 0 amide bonds. The molecule has 3 heterocycles. The van der Waals surface area contributed by atoms with Crippen LogP contribution in [0, 0.1) is 24.1 Å². The van der Waals surface area contributed by atoms with Crippen LogP contribution in [0.1, 0.15) is 31.5 Å². The Morgan fingerprint density at radius 3 is 2.87 bits per heavy atom. The van der Waals surface area contributed by atoms with Gasteiger partial charge in [0.25, 0.3) is 0 Å². The van der Waals surface area contributed by atoms with Gasteiger partial charge in [0, 0.05) is 30.6 Å². The SMILES string of the molecule is Cc1nc(-c2ccccc2F)c2c(N3CCC(C=N)=C(NCC4CCC4)C3)ncnn12. The van der Waals surface area contributed by atoms with Crippen molar-refractivity contribution >= 4 is 17.5 Å². The summed E-state index contributed by atoms with van der Waals surface area (Å²) in [6.07, 6.45) is 7.61. The van der Waals surface area contributed by atoms with Gasteiger partial charge in [-0.15, -0.1) is 0 Å². The Kier molecular flexibility index (Phi) is 5.13. The Morgan fingerprint density at radius 2 is 2.13 bits per heavy atom. The summed E-state index contributed by atoms with van der Waals surface area (Å²) in [7, 11) is 0. The van der Waals surface area contributed by atoms with Gasteiger partial charge in [0.15, 0.2) is 5.82 Å². The monoisotopic (exact) mass is 419 g/mol. The maximum Gasteiger partial charge on any atom is 0.159 e. The minimum Gasteiger partial charge on any atom is -0.386 e.